The predicted octanol–water partition coefficient (Wildman–Crippen LogP) is 4.45. The van der Waals surface area contributed by atoms with Gasteiger partial charge in [0.05, 0.1) is 22.8 Å². The summed E-state index contributed by atoms with van der Waals surface area (Å²) in [7, 11) is 0. The van der Waals surface area contributed by atoms with Crippen LogP contribution in [0.2, 0.25) is 5.02 Å². The van der Waals surface area contributed by atoms with Crippen LogP contribution in [-0.2, 0) is 6.54 Å². The molecule has 2 rings (SSSR count). The molecule has 3 nitrogen and oxygen atoms in total. The van der Waals surface area contributed by atoms with E-state index in [9.17, 15) is 4.79 Å². The molecule has 0 aliphatic rings. The molecule has 1 aromatic heterocycles. The number of thiazole rings is 1. The number of hydrogen-bond donors (Lipinski definition) is 1. The Hall–Kier alpha value is -0.660. The van der Waals surface area contributed by atoms with E-state index in [0.29, 0.717) is 23.0 Å². The highest BCUT2D eigenvalue weighted by Gasteiger charge is 2.11. The monoisotopic (exact) mass is 420 g/mol. The standard InChI is InChI=1S/C14H14ClIN2OS/c1-8(2)14-18-10(7-20-14)6-17-13(19)11-4-3-9(15)5-12(11)16/h3-5,7-8H,6H2,1-2H3,(H,17,19). The predicted molar refractivity (Wildman–Crippen MR) is 91.5 cm³/mol. The summed E-state index contributed by atoms with van der Waals surface area (Å²) >= 11 is 9.62. The molecule has 0 spiro atoms. The number of nitrogens with one attached hydrogen (secondary N) is 1. The number of carbonyl (C=O) groups excluding carboxylic acids is 1. The Kier molecular flexibility index (Phi) is 5.40. The highest BCUT2D eigenvalue weighted by Crippen LogP contribution is 2.20. The number of carbonyl (C=O) groups is 1. The molecule has 1 aromatic carbocycles. The molecule has 0 unspecified atom stereocenters. The summed E-state index contributed by atoms with van der Waals surface area (Å²) in [6, 6.07) is 5.23. The molecule has 1 heterocycles. The van der Waals surface area contributed by atoms with Gasteiger partial charge in [-0.2, -0.15) is 0 Å². The van der Waals surface area contributed by atoms with Gasteiger partial charge in [-0.1, -0.05) is 25.4 Å². The van der Waals surface area contributed by atoms with Gasteiger partial charge in [-0.05, 0) is 40.8 Å². The summed E-state index contributed by atoms with van der Waals surface area (Å²) in [5.41, 5.74) is 1.53. The van der Waals surface area contributed by atoms with Crippen molar-refractivity contribution in [2.24, 2.45) is 0 Å². The van der Waals surface area contributed by atoms with E-state index in [4.69, 9.17) is 11.6 Å². The Bertz CT molecular complexity index is 627. The highest BCUT2D eigenvalue weighted by molar-refractivity contribution is 14.1. The number of hydrogen-bond acceptors (Lipinski definition) is 3. The van der Waals surface area contributed by atoms with E-state index in [1.54, 1.807) is 29.5 Å². The molecule has 0 bridgehead atoms. The van der Waals surface area contributed by atoms with Gasteiger partial charge in [-0.3, -0.25) is 4.79 Å². The number of amides is 1. The van der Waals surface area contributed by atoms with Gasteiger partial charge in [-0.15, -0.1) is 11.3 Å². The van der Waals surface area contributed by atoms with Crippen molar-refractivity contribution >= 4 is 51.4 Å². The lowest BCUT2D eigenvalue weighted by Gasteiger charge is -2.06. The average molecular weight is 421 g/mol. The Labute approximate surface area is 140 Å². The molecule has 0 aliphatic heterocycles. The minimum Gasteiger partial charge on any atom is -0.346 e. The van der Waals surface area contributed by atoms with Crippen LogP contribution >= 0.6 is 45.5 Å². The second kappa shape index (κ2) is 6.87. The van der Waals surface area contributed by atoms with Gasteiger partial charge in [0.1, 0.15) is 0 Å². The molecule has 20 heavy (non-hydrogen) atoms. The van der Waals surface area contributed by atoms with Gasteiger partial charge in [0.15, 0.2) is 0 Å². The number of rotatable bonds is 4. The molecule has 0 saturated heterocycles. The van der Waals surface area contributed by atoms with Gasteiger partial charge < -0.3 is 5.32 Å². The fourth-order valence-electron chi connectivity index (χ4n) is 1.61. The van der Waals surface area contributed by atoms with Crippen LogP contribution in [0, 0.1) is 3.57 Å². The van der Waals surface area contributed by atoms with Crippen LogP contribution in [0.15, 0.2) is 23.6 Å². The summed E-state index contributed by atoms with van der Waals surface area (Å²) in [5.74, 6) is 0.312. The first-order chi connectivity index (χ1) is 9.47. The summed E-state index contributed by atoms with van der Waals surface area (Å²) in [5, 5.41) is 6.60. The summed E-state index contributed by atoms with van der Waals surface area (Å²) < 4.78 is 0.841. The Morgan fingerprint density at radius 3 is 2.85 bits per heavy atom. The van der Waals surface area contributed by atoms with E-state index in [1.807, 2.05) is 5.38 Å². The van der Waals surface area contributed by atoms with Gasteiger partial charge in [0, 0.05) is 19.9 Å². The van der Waals surface area contributed by atoms with Crippen molar-refractivity contribution in [2.45, 2.75) is 26.3 Å². The first-order valence-corrected chi connectivity index (χ1v) is 8.48. The van der Waals surface area contributed by atoms with Crippen molar-refractivity contribution in [1.82, 2.24) is 10.3 Å². The molecule has 0 fully saturated rings. The van der Waals surface area contributed by atoms with Crippen LogP contribution in [0.3, 0.4) is 0 Å². The van der Waals surface area contributed by atoms with Gasteiger partial charge in [0.25, 0.3) is 5.91 Å². The number of halogens is 2. The summed E-state index contributed by atoms with van der Waals surface area (Å²) in [6.07, 6.45) is 0. The van der Waals surface area contributed by atoms with Crippen LogP contribution in [0.1, 0.15) is 40.8 Å². The lowest BCUT2D eigenvalue weighted by molar-refractivity contribution is 0.0949. The fraction of sp³-hybridized carbons (Fsp3) is 0.286. The van der Waals surface area contributed by atoms with Crippen LogP contribution in [0.4, 0.5) is 0 Å². The van der Waals surface area contributed by atoms with Crippen molar-refractivity contribution < 1.29 is 4.79 Å². The Morgan fingerprint density at radius 1 is 1.50 bits per heavy atom. The normalized spacial score (nSPS) is 10.8. The van der Waals surface area contributed by atoms with E-state index in [1.165, 1.54) is 0 Å². The van der Waals surface area contributed by atoms with Crippen molar-refractivity contribution in [2.75, 3.05) is 0 Å². The fourth-order valence-corrected chi connectivity index (χ4v) is 3.56. The topological polar surface area (TPSA) is 42.0 Å². The number of benzene rings is 1. The largest absolute Gasteiger partial charge is 0.346 e. The van der Waals surface area contributed by atoms with Gasteiger partial charge >= 0.3 is 0 Å². The molecule has 1 amide bonds. The molecular formula is C14H14ClIN2OS. The minimum atomic E-state index is -0.106. The molecular weight excluding hydrogens is 407 g/mol. The molecule has 6 heteroatoms. The number of nitrogens with zero attached hydrogens (tertiary/aromatic N) is 1. The first kappa shape index (κ1) is 15.7. The zero-order valence-electron chi connectivity index (χ0n) is 11.1. The average Bonchev–Trinajstić information content (AvgIpc) is 2.85. The zero-order valence-corrected chi connectivity index (χ0v) is 14.8. The van der Waals surface area contributed by atoms with Crippen LogP contribution in [0.5, 0.6) is 0 Å². The number of aromatic nitrogens is 1. The third kappa shape index (κ3) is 3.93. The zero-order chi connectivity index (χ0) is 14.7. The summed E-state index contributed by atoms with van der Waals surface area (Å²) in [6.45, 7) is 4.66. The maximum atomic E-state index is 12.1. The minimum absolute atomic E-state index is 0.106. The van der Waals surface area contributed by atoms with E-state index < -0.39 is 0 Å². The molecule has 0 aliphatic carbocycles. The lowest BCUT2D eigenvalue weighted by atomic mass is 10.2. The van der Waals surface area contributed by atoms with E-state index in [-0.39, 0.29) is 5.91 Å². The van der Waals surface area contributed by atoms with E-state index in [2.05, 4.69) is 46.7 Å². The quantitative estimate of drug-likeness (QED) is 0.742. The van der Waals surface area contributed by atoms with Gasteiger partial charge in [-0.25, -0.2) is 4.98 Å². The third-order valence-electron chi connectivity index (χ3n) is 2.67. The van der Waals surface area contributed by atoms with Crippen LogP contribution in [-0.4, -0.2) is 10.9 Å². The second-order valence-electron chi connectivity index (χ2n) is 4.64. The van der Waals surface area contributed by atoms with Crippen molar-refractivity contribution in [3.63, 3.8) is 0 Å². The Balaban J connectivity index is 2.01. The van der Waals surface area contributed by atoms with Crippen molar-refractivity contribution in [3.8, 4) is 0 Å². The molecule has 0 saturated carbocycles. The molecule has 2 aromatic rings. The third-order valence-corrected chi connectivity index (χ3v) is 4.99. The van der Waals surface area contributed by atoms with Crippen molar-refractivity contribution in [3.05, 3.63) is 48.4 Å². The van der Waals surface area contributed by atoms with Crippen molar-refractivity contribution in [1.29, 1.82) is 0 Å². The van der Waals surface area contributed by atoms with E-state index in [0.717, 1.165) is 14.3 Å². The highest BCUT2D eigenvalue weighted by atomic mass is 127. The van der Waals surface area contributed by atoms with Crippen LogP contribution in [0.25, 0.3) is 0 Å². The lowest BCUT2D eigenvalue weighted by Crippen LogP contribution is -2.23. The van der Waals surface area contributed by atoms with Gasteiger partial charge in [0.2, 0.25) is 0 Å². The second-order valence-corrected chi connectivity index (χ2v) is 7.13. The molecule has 106 valence electrons. The summed E-state index contributed by atoms with van der Waals surface area (Å²) in [4.78, 5) is 16.6. The molecule has 1 N–H and O–H groups in total. The molecule has 0 radical (unpaired) electrons. The maximum Gasteiger partial charge on any atom is 0.252 e. The SMILES string of the molecule is CC(C)c1nc(CNC(=O)c2ccc(Cl)cc2I)cs1. The van der Waals surface area contributed by atoms with E-state index >= 15 is 0 Å². The van der Waals surface area contributed by atoms with Crippen LogP contribution < -0.4 is 5.32 Å². The molecule has 0 atom stereocenters. The maximum absolute atomic E-state index is 12.1. The smallest absolute Gasteiger partial charge is 0.252 e. The first-order valence-electron chi connectivity index (χ1n) is 6.15. The Morgan fingerprint density at radius 2 is 2.25 bits per heavy atom.